The van der Waals surface area contributed by atoms with Crippen molar-refractivity contribution in [2.45, 2.75) is 84.3 Å². The van der Waals surface area contributed by atoms with Gasteiger partial charge < -0.3 is 9.47 Å². The number of nitriles is 1. The van der Waals surface area contributed by atoms with Gasteiger partial charge in [0, 0.05) is 28.5 Å². The van der Waals surface area contributed by atoms with Crippen molar-refractivity contribution >= 4 is 25.1 Å². The summed E-state index contributed by atoms with van der Waals surface area (Å²) in [7, 11) is -4.12. The molecule has 0 unspecified atom stereocenters. The van der Waals surface area contributed by atoms with Gasteiger partial charge in [0.05, 0.1) is 52.3 Å². The zero-order valence-electron chi connectivity index (χ0n) is 31.5. The summed E-state index contributed by atoms with van der Waals surface area (Å²) in [5.74, 6) is -3.25. The van der Waals surface area contributed by atoms with Crippen LogP contribution in [0.5, 0.6) is 0 Å². The number of phosphoric ester groups is 1. The van der Waals surface area contributed by atoms with Crippen LogP contribution in [0.1, 0.15) is 86.4 Å². The van der Waals surface area contributed by atoms with Crippen molar-refractivity contribution in [3.63, 3.8) is 0 Å². The number of ether oxygens (including phenoxy) is 2. The molecule has 55 heavy (non-hydrogen) atoms. The van der Waals surface area contributed by atoms with Gasteiger partial charge in [0.2, 0.25) is 0 Å². The maximum absolute atomic E-state index is 15.9. The number of carbonyl (C=O) groups excluding carboxylic acids is 1. The molecule has 0 aliphatic carbocycles. The highest BCUT2D eigenvalue weighted by atomic mass is 32.1. The highest BCUT2D eigenvalue weighted by Crippen LogP contribution is 2.56. The Morgan fingerprint density at radius 2 is 1.69 bits per heavy atom. The van der Waals surface area contributed by atoms with Crippen molar-refractivity contribution in [3.8, 4) is 17.3 Å². The lowest BCUT2D eigenvalue weighted by Gasteiger charge is -2.38. The number of halogens is 2. The van der Waals surface area contributed by atoms with E-state index in [2.05, 4.69) is 16.2 Å². The Morgan fingerprint density at radius 3 is 2.31 bits per heavy atom. The topological polar surface area (TPSA) is 148 Å². The summed E-state index contributed by atoms with van der Waals surface area (Å²) in [4.78, 5) is 22.5. The van der Waals surface area contributed by atoms with Gasteiger partial charge in [-0.05, 0) is 71.4 Å². The Labute approximate surface area is 322 Å². The van der Waals surface area contributed by atoms with E-state index in [1.807, 2.05) is 5.38 Å². The van der Waals surface area contributed by atoms with Crippen LogP contribution in [0.3, 0.4) is 0 Å². The number of hydrogen-bond acceptors (Lipinski definition) is 12. The van der Waals surface area contributed by atoms with E-state index in [4.69, 9.17) is 28.0 Å². The highest BCUT2D eigenvalue weighted by Gasteiger charge is 2.45. The minimum Gasteiger partial charge on any atom is -0.435 e. The Balaban J connectivity index is 1.45. The molecule has 0 saturated carbocycles. The summed E-state index contributed by atoms with van der Waals surface area (Å²) in [5, 5.41) is 15.8. The van der Waals surface area contributed by atoms with E-state index in [1.54, 1.807) is 90.9 Å². The number of thiazole rings is 1. The number of aromatic nitrogens is 4. The van der Waals surface area contributed by atoms with E-state index in [0.717, 1.165) is 17.7 Å². The molecule has 0 fully saturated rings. The van der Waals surface area contributed by atoms with E-state index in [0.29, 0.717) is 21.8 Å². The van der Waals surface area contributed by atoms with Crippen molar-refractivity contribution < 1.29 is 41.2 Å². The number of nitrogens with zero attached hydrogens (tertiary/aromatic N) is 5. The monoisotopic (exact) mass is 793 g/mol. The largest absolute Gasteiger partial charge is 0.476 e. The minimum atomic E-state index is -4.12. The molecule has 0 bridgehead atoms. The molecule has 12 nitrogen and oxygen atoms in total. The first-order chi connectivity index (χ1) is 25.9. The molecule has 0 aliphatic heterocycles. The van der Waals surface area contributed by atoms with Gasteiger partial charge in [-0.3, -0.25) is 13.6 Å². The van der Waals surface area contributed by atoms with Crippen LogP contribution < -0.4 is 0 Å². The lowest BCUT2D eigenvalue weighted by Crippen LogP contribution is -2.42. The van der Waals surface area contributed by atoms with Crippen molar-refractivity contribution in [3.05, 3.63) is 124 Å². The molecule has 0 aliphatic rings. The van der Waals surface area contributed by atoms with E-state index in [1.165, 1.54) is 40.8 Å². The predicted octanol–water partition coefficient (Wildman–Crippen LogP) is 9.34. The van der Waals surface area contributed by atoms with Crippen LogP contribution in [-0.4, -0.2) is 43.7 Å². The van der Waals surface area contributed by atoms with Gasteiger partial charge in [0.25, 0.3) is 0 Å². The zero-order valence-corrected chi connectivity index (χ0v) is 33.2. The maximum atomic E-state index is 15.9. The van der Waals surface area contributed by atoms with Crippen LogP contribution in [0.2, 0.25) is 0 Å². The molecule has 0 amide bonds. The number of phosphoric acid groups is 1. The Morgan fingerprint density at radius 1 is 1.00 bits per heavy atom. The first-order valence-electron chi connectivity index (χ1n) is 17.2. The van der Waals surface area contributed by atoms with Gasteiger partial charge in [-0.15, -0.1) is 11.3 Å². The third-order valence-corrected chi connectivity index (χ3v) is 11.1. The fraction of sp³-hybridized carbons (Fsp3) is 0.359. The normalized spacial score (nSPS) is 13.9. The van der Waals surface area contributed by atoms with E-state index < -0.39 is 54.9 Å². The smallest absolute Gasteiger partial charge is 0.435 e. The third kappa shape index (κ3) is 10.8. The molecule has 0 saturated heterocycles. The molecule has 0 N–H and O–H groups in total. The molecular formula is C39H42F2N5O7PS. The summed E-state index contributed by atoms with van der Waals surface area (Å²) in [6.07, 6.45) is 2.73. The number of hydrogen-bond donors (Lipinski definition) is 0. The van der Waals surface area contributed by atoms with Crippen molar-refractivity contribution in [2.75, 3.05) is 6.79 Å². The predicted molar refractivity (Wildman–Crippen MR) is 201 cm³/mol. The SMILES string of the molecule is C[C@@H](c1nc(-c2ccc(C#N)cc2)cs1)[C@@](Cn1cncn1)(OCOC(=O)c1ccccc1COP(=O)(OC(C)(C)C)OC(C)(C)C)c1ccc(F)cc1F. The van der Waals surface area contributed by atoms with Gasteiger partial charge >= 0.3 is 13.8 Å². The van der Waals surface area contributed by atoms with E-state index in [-0.39, 0.29) is 24.3 Å². The van der Waals surface area contributed by atoms with Gasteiger partial charge in [-0.2, -0.15) is 10.4 Å². The molecular weight excluding hydrogens is 751 g/mol. The Hall–Kier alpha value is -4.68. The molecule has 0 radical (unpaired) electrons. The number of esters is 1. The summed E-state index contributed by atoms with van der Waals surface area (Å²) in [6.45, 7) is 10.9. The first-order valence-corrected chi connectivity index (χ1v) is 19.5. The van der Waals surface area contributed by atoms with Crippen LogP contribution in [0, 0.1) is 23.0 Å². The van der Waals surface area contributed by atoms with Gasteiger partial charge in [-0.25, -0.2) is 32.8 Å². The van der Waals surface area contributed by atoms with Crippen LogP contribution >= 0.6 is 19.2 Å². The summed E-state index contributed by atoms with van der Waals surface area (Å²) in [5.41, 5.74) is -1.20. The van der Waals surface area contributed by atoms with Crippen molar-refractivity contribution in [1.29, 1.82) is 5.26 Å². The standard InChI is InChI=1S/C39H42F2N5O7PS/c1-26(35-45-34(21-55-35)28-14-12-27(19-42)13-15-28)39(22-46-24-43-23-44-46,32-17-16-30(40)18-33(32)41)50-25-49-36(47)31-11-9-8-10-29(31)20-51-54(48,52-37(2,3)4)53-38(5,6)7/h8-18,21,23-24,26H,20,22,25H2,1-7H3/t26-,39+/m0/s1. The average Bonchev–Trinajstić information content (AvgIpc) is 3.82. The Bertz CT molecular complexity index is 2160. The second-order valence-electron chi connectivity index (χ2n) is 14.6. The molecule has 0 spiro atoms. The second-order valence-corrected chi connectivity index (χ2v) is 17.0. The lowest BCUT2D eigenvalue weighted by atomic mass is 9.81. The number of rotatable bonds is 15. The van der Waals surface area contributed by atoms with Gasteiger partial charge in [-0.1, -0.05) is 43.3 Å². The quantitative estimate of drug-likeness (QED) is 0.0567. The van der Waals surface area contributed by atoms with Crippen molar-refractivity contribution in [2.24, 2.45) is 0 Å². The fourth-order valence-corrected chi connectivity index (χ4v) is 8.38. The fourth-order valence-electron chi connectivity index (χ4n) is 5.63. The number of benzene rings is 3. The molecule has 16 heteroatoms. The van der Waals surface area contributed by atoms with Gasteiger partial charge in [0.15, 0.2) is 6.79 Å². The van der Waals surface area contributed by atoms with E-state index >= 15 is 4.39 Å². The van der Waals surface area contributed by atoms with Crippen LogP contribution in [0.4, 0.5) is 8.78 Å². The van der Waals surface area contributed by atoms with Gasteiger partial charge in [0.1, 0.15) is 29.9 Å². The molecule has 5 rings (SSSR count). The summed E-state index contributed by atoms with van der Waals surface area (Å²) < 4.78 is 74.6. The zero-order chi connectivity index (χ0) is 40.0. The van der Waals surface area contributed by atoms with E-state index in [9.17, 15) is 19.0 Å². The van der Waals surface area contributed by atoms with Crippen LogP contribution in [0.15, 0.2) is 84.8 Å². The average molecular weight is 794 g/mol. The molecule has 2 aromatic heterocycles. The third-order valence-electron chi connectivity index (χ3n) is 8.05. The lowest BCUT2D eigenvalue weighted by molar-refractivity contribution is -0.148. The summed E-state index contributed by atoms with van der Waals surface area (Å²) in [6, 6.07) is 18.6. The van der Waals surface area contributed by atoms with Crippen LogP contribution in [0.25, 0.3) is 11.3 Å². The van der Waals surface area contributed by atoms with Crippen LogP contribution in [-0.2, 0) is 46.4 Å². The minimum absolute atomic E-state index is 0.0367. The Kier molecular flexibility index (Phi) is 12.8. The summed E-state index contributed by atoms with van der Waals surface area (Å²) >= 11 is 1.30. The number of carbonyl (C=O) groups is 1. The molecule has 2 heterocycles. The molecule has 3 aromatic carbocycles. The van der Waals surface area contributed by atoms with Crippen molar-refractivity contribution in [1.82, 2.24) is 19.7 Å². The molecule has 290 valence electrons. The molecule has 2 atom stereocenters. The second kappa shape index (κ2) is 17.0. The first kappa shape index (κ1) is 41.5. The molecule has 5 aromatic rings. The highest BCUT2D eigenvalue weighted by molar-refractivity contribution is 7.48. The maximum Gasteiger partial charge on any atom is 0.476 e.